The maximum Gasteiger partial charge on any atom is 0.305 e. The third kappa shape index (κ3) is 3.81. The van der Waals surface area contributed by atoms with E-state index in [-0.39, 0.29) is 18.7 Å². The Morgan fingerprint density at radius 3 is 2.62 bits per heavy atom. The number of carbonyl (C=O) groups excluding carboxylic acids is 2. The molecule has 6 nitrogen and oxygen atoms in total. The van der Waals surface area contributed by atoms with Gasteiger partial charge in [-0.2, -0.15) is 0 Å². The van der Waals surface area contributed by atoms with Crippen LogP contribution in [0.25, 0.3) is 0 Å². The van der Waals surface area contributed by atoms with Gasteiger partial charge in [0.1, 0.15) is 6.04 Å². The standard InChI is InChI=1S/C15H18N2O4/c1-10-2-4-11(5-3-10)8-13(18)17-7-6-16-15(21)12(17)9-14(19)20/h2-5,12H,6-9H2,1H3,(H,16,21)(H,19,20). The van der Waals surface area contributed by atoms with Crippen LogP contribution in [0.2, 0.25) is 0 Å². The molecule has 1 fully saturated rings. The monoisotopic (exact) mass is 290 g/mol. The van der Waals surface area contributed by atoms with Crippen LogP contribution in [-0.4, -0.2) is 46.9 Å². The lowest BCUT2D eigenvalue weighted by molar-refractivity contribution is -0.148. The number of piperazine rings is 1. The zero-order valence-corrected chi connectivity index (χ0v) is 11.8. The van der Waals surface area contributed by atoms with Crippen LogP contribution in [0.3, 0.4) is 0 Å². The van der Waals surface area contributed by atoms with Gasteiger partial charge in [-0.1, -0.05) is 29.8 Å². The molecule has 2 rings (SSSR count). The minimum atomic E-state index is -1.09. The molecule has 1 aliphatic rings. The van der Waals surface area contributed by atoms with E-state index in [1.54, 1.807) is 0 Å². The first kappa shape index (κ1) is 15.0. The van der Waals surface area contributed by atoms with Gasteiger partial charge in [0.2, 0.25) is 11.8 Å². The molecule has 2 N–H and O–H groups in total. The third-order valence-electron chi connectivity index (χ3n) is 3.50. The van der Waals surface area contributed by atoms with Crippen LogP contribution in [0.5, 0.6) is 0 Å². The van der Waals surface area contributed by atoms with E-state index < -0.39 is 17.9 Å². The van der Waals surface area contributed by atoms with Crippen molar-refractivity contribution in [3.8, 4) is 0 Å². The Hall–Kier alpha value is -2.37. The molecule has 112 valence electrons. The molecule has 21 heavy (non-hydrogen) atoms. The van der Waals surface area contributed by atoms with Gasteiger partial charge in [-0.15, -0.1) is 0 Å². The lowest BCUT2D eigenvalue weighted by Crippen LogP contribution is -2.58. The summed E-state index contributed by atoms with van der Waals surface area (Å²) in [7, 11) is 0. The maximum atomic E-state index is 12.3. The molecule has 0 aliphatic carbocycles. The SMILES string of the molecule is Cc1ccc(CC(=O)N2CCNC(=O)C2CC(=O)O)cc1. The average molecular weight is 290 g/mol. The summed E-state index contributed by atoms with van der Waals surface area (Å²) >= 11 is 0. The number of aryl methyl sites for hydroxylation is 1. The number of amides is 2. The van der Waals surface area contributed by atoms with Crippen LogP contribution >= 0.6 is 0 Å². The number of benzene rings is 1. The molecule has 0 spiro atoms. The molecule has 1 aliphatic heterocycles. The molecule has 0 bridgehead atoms. The minimum Gasteiger partial charge on any atom is -0.481 e. The van der Waals surface area contributed by atoms with Crippen molar-refractivity contribution in [1.82, 2.24) is 10.2 Å². The highest BCUT2D eigenvalue weighted by Crippen LogP contribution is 2.13. The fraction of sp³-hybridized carbons (Fsp3) is 0.400. The third-order valence-corrected chi connectivity index (χ3v) is 3.50. The molecule has 1 saturated heterocycles. The summed E-state index contributed by atoms with van der Waals surface area (Å²) in [5.41, 5.74) is 1.96. The van der Waals surface area contributed by atoms with E-state index in [1.165, 1.54) is 4.90 Å². The maximum absolute atomic E-state index is 12.3. The van der Waals surface area contributed by atoms with Gasteiger partial charge >= 0.3 is 5.97 Å². The Kier molecular flexibility index (Phi) is 4.57. The Morgan fingerprint density at radius 1 is 1.33 bits per heavy atom. The minimum absolute atomic E-state index is 0.170. The topological polar surface area (TPSA) is 86.7 Å². The molecule has 1 aromatic carbocycles. The van der Waals surface area contributed by atoms with Crippen molar-refractivity contribution < 1.29 is 19.5 Å². The van der Waals surface area contributed by atoms with E-state index in [9.17, 15) is 14.4 Å². The van der Waals surface area contributed by atoms with Crippen molar-refractivity contribution in [3.63, 3.8) is 0 Å². The molecule has 0 radical (unpaired) electrons. The first-order valence-electron chi connectivity index (χ1n) is 6.82. The Bertz CT molecular complexity index is 553. The van der Waals surface area contributed by atoms with Crippen LogP contribution < -0.4 is 5.32 Å². The zero-order chi connectivity index (χ0) is 15.4. The molecule has 1 unspecified atom stereocenters. The van der Waals surface area contributed by atoms with Gasteiger partial charge in [-0.3, -0.25) is 14.4 Å². The summed E-state index contributed by atoms with van der Waals surface area (Å²) in [4.78, 5) is 36.3. The molecule has 1 atom stereocenters. The molecule has 2 amide bonds. The van der Waals surface area contributed by atoms with E-state index in [0.29, 0.717) is 13.1 Å². The van der Waals surface area contributed by atoms with Crippen molar-refractivity contribution in [1.29, 1.82) is 0 Å². The van der Waals surface area contributed by atoms with Gasteiger partial charge < -0.3 is 15.3 Å². The number of aliphatic carboxylic acids is 1. The lowest BCUT2D eigenvalue weighted by atomic mass is 10.1. The van der Waals surface area contributed by atoms with E-state index in [2.05, 4.69) is 5.32 Å². The summed E-state index contributed by atoms with van der Waals surface area (Å²) in [6, 6.07) is 6.64. The van der Waals surface area contributed by atoms with Crippen molar-refractivity contribution >= 4 is 17.8 Å². The Morgan fingerprint density at radius 2 is 2.00 bits per heavy atom. The number of hydrogen-bond acceptors (Lipinski definition) is 3. The molecular weight excluding hydrogens is 272 g/mol. The summed E-state index contributed by atoms with van der Waals surface area (Å²) in [5, 5.41) is 11.5. The van der Waals surface area contributed by atoms with Crippen molar-refractivity contribution in [2.75, 3.05) is 13.1 Å². The van der Waals surface area contributed by atoms with Gasteiger partial charge in [0.15, 0.2) is 0 Å². The smallest absolute Gasteiger partial charge is 0.305 e. The van der Waals surface area contributed by atoms with Crippen molar-refractivity contribution in [3.05, 3.63) is 35.4 Å². The number of carboxylic acid groups (broad SMARTS) is 1. The number of nitrogens with zero attached hydrogens (tertiary/aromatic N) is 1. The largest absolute Gasteiger partial charge is 0.481 e. The second-order valence-corrected chi connectivity index (χ2v) is 5.15. The average Bonchev–Trinajstić information content (AvgIpc) is 2.43. The molecule has 1 aromatic rings. The number of carboxylic acids is 1. The Labute approximate surface area is 122 Å². The molecule has 0 aromatic heterocycles. The molecule has 1 heterocycles. The lowest BCUT2D eigenvalue weighted by Gasteiger charge is -2.34. The first-order chi connectivity index (χ1) is 9.97. The predicted molar refractivity (Wildman–Crippen MR) is 75.6 cm³/mol. The van der Waals surface area contributed by atoms with Gasteiger partial charge in [0, 0.05) is 13.1 Å². The normalized spacial score (nSPS) is 18.2. The highest BCUT2D eigenvalue weighted by molar-refractivity contribution is 5.92. The van der Waals surface area contributed by atoms with Crippen LogP contribution in [0, 0.1) is 6.92 Å². The predicted octanol–water partition coefficient (Wildman–Crippen LogP) is 0.339. The second-order valence-electron chi connectivity index (χ2n) is 5.15. The van der Waals surface area contributed by atoms with Crippen LogP contribution in [0.1, 0.15) is 17.5 Å². The second kappa shape index (κ2) is 6.39. The summed E-state index contributed by atoms with van der Waals surface area (Å²) < 4.78 is 0. The van der Waals surface area contributed by atoms with Gasteiger partial charge in [-0.05, 0) is 12.5 Å². The number of rotatable bonds is 4. The highest BCUT2D eigenvalue weighted by Gasteiger charge is 2.34. The summed E-state index contributed by atoms with van der Waals surface area (Å²) in [6.45, 7) is 2.66. The Balaban J connectivity index is 2.09. The summed E-state index contributed by atoms with van der Waals surface area (Å²) in [5.74, 6) is -1.72. The number of carbonyl (C=O) groups is 3. The van der Waals surface area contributed by atoms with Crippen LogP contribution in [0.15, 0.2) is 24.3 Å². The van der Waals surface area contributed by atoms with Crippen molar-refractivity contribution in [2.24, 2.45) is 0 Å². The fourth-order valence-corrected chi connectivity index (χ4v) is 2.36. The van der Waals surface area contributed by atoms with Gasteiger partial charge in [0.25, 0.3) is 0 Å². The zero-order valence-electron chi connectivity index (χ0n) is 11.8. The van der Waals surface area contributed by atoms with E-state index in [1.807, 2.05) is 31.2 Å². The quantitative estimate of drug-likeness (QED) is 0.837. The fourth-order valence-electron chi connectivity index (χ4n) is 2.36. The molecule has 0 saturated carbocycles. The van der Waals surface area contributed by atoms with E-state index in [4.69, 9.17) is 5.11 Å². The molecule has 6 heteroatoms. The van der Waals surface area contributed by atoms with Crippen molar-refractivity contribution in [2.45, 2.75) is 25.8 Å². The highest BCUT2D eigenvalue weighted by atomic mass is 16.4. The van der Waals surface area contributed by atoms with Crippen LogP contribution in [0.4, 0.5) is 0 Å². The molecular formula is C15H18N2O4. The number of hydrogen-bond donors (Lipinski definition) is 2. The summed E-state index contributed by atoms with van der Waals surface area (Å²) in [6.07, 6.45) is -0.199. The van der Waals surface area contributed by atoms with E-state index in [0.717, 1.165) is 11.1 Å². The first-order valence-corrected chi connectivity index (χ1v) is 6.82. The van der Waals surface area contributed by atoms with Crippen LogP contribution in [-0.2, 0) is 20.8 Å². The van der Waals surface area contributed by atoms with Gasteiger partial charge in [-0.25, -0.2) is 0 Å². The number of nitrogens with one attached hydrogen (secondary N) is 1. The van der Waals surface area contributed by atoms with Gasteiger partial charge in [0.05, 0.1) is 12.8 Å². The van der Waals surface area contributed by atoms with E-state index >= 15 is 0 Å².